The Labute approximate surface area is 91.3 Å². The molecular formula is C13H18N2. The minimum atomic E-state index is 0.678. The summed E-state index contributed by atoms with van der Waals surface area (Å²) in [5, 5.41) is 3.52. The van der Waals surface area contributed by atoms with Crippen molar-refractivity contribution in [1.82, 2.24) is 10.2 Å². The molecule has 1 unspecified atom stereocenters. The van der Waals surface area contributed by atoms with E-state index < -0.39 is 0 Å². The molecule has 0 bridgehead atoms. The Morgan fingerprint density at radius 3 is 2.87 bits per heavy atom. The van der Waals surface area contributed by atoms with Crippen molar-refractivity contribution in [2.45, 2.75) is 32.0 Å². The van der Waals surface area contributed by atoms with E-state index in [0.717, 1.165) is 19.6 Å². The molecule has 15 heavy (non-hydrogen) atoms. The second-order valence-corrected chi connectivity index (χ2v) is 4.81. The van der Waals surface area contributed by atoms with E-state index in [1.165, 1.54) is 12.0 Å². The van der Waals surface area contributed by atoms with Crippen LogP contribution in [0.1, 0.15) is 18.1 Å². The van der Waals surface area contributed by atoms with E-state index in [4.69, 9.17) is 0 Å². The van der Waals surface area contributed by atoms with Gasteiger partial charge in [-0.15, -0.1) is 0 Å². The van der Waals surface area contributed by atoms with Crippen LogP contribution in [0, 0.1) is 0 Å². The van der Waals surface area contributed by atoms with Crippen LogP contribution in [0.4, 0.5) is 0 Å². The number of fused-ring (bicyclic) bond motifs is 2. The Bertz CT molecular complexity index is 361. The standard InChI is InChI=1S/C13H18N2/c1-10-7-14-8-13-6-11-4-2-3-5-12(11)9-15(10)13/h2-5,10,13-14H,6-9H2,1H3/t10?,13-/m1/s1. The van der Waals surface area contributed by atoms with Crippen molar-refractivity contribution in [3.8, 4) is 0 Å². The summed E-state index contributed by atoms with van der Waals surface area (Å²) in [5.74, 6) is 0. The van der Waals surface area contributed by atoms with Gasteiger partial charge in [0, 0.05) is 31.7 Å². The summed E-state index contributed by atoms with van der Waals surface area (Å²) in [5.41, 5.74) is 3.08. The number of nitrogens with zero attached hydrogens (tertiary/aromatic N) is 1. The van der Waals surface area contributed by atoms with Crippen LogP contribution in [0.25, 0.3) is 0 Å². The van der Waals surface area contributed by atoms with Crippen molar-refractivity contribution in [2.75, 3.05) is 13.1 Å². The normalized spacial score (nSPS) is 30.7. The van der Waals surface area contributed by atoms with Crippen molar-refractivity contribution in [1.29, 1.82) is 0 Å². The summed E-state index contributed by atoms with van der Waals surface area (Å²) in [6.07, 6.45) is 1.22. The zero-order chi connectivity index (χ0) is 10.3. The first-order valence-corrected chi connectivity index (χ1v) is 5.88. The van der Waals surface area contributed by atoms with Gasteiger partial charge in [-0.2, -0.15) is 0 Å². The van der Waals surface area contributed by atoms with Crippen LogP contribution in [0.3, 0.4) is 0 Å². The highest BCUT2D eigenvalue weighted by Gasteiger charge is 2.31. The van der Waals surface area contributed by atoms with Gasteiger partial charge in [0.25, 0.3) is 0 Å². The lowest BCUT2D eigenvalue weighted by Crippen LogP contribution is -2.58. The average Bonchev–Trinajstić information content (AvgIpc) is 2.27. The number of hydrogen-bond donors (Lipinski definition) is 1. The summed E-state index contributed by atoms with van der Waals surface area (Å²) >= 11 is 0. The second kappa shape index (κ2) is 3.62. The number of nitrogens with one attached hydrogen (secondary N) is 1. The smallest absolute Gasteiger partial charge is 0.0268 e. The first kappa shape index (κ1) is 9.37. The van der Waals surface area contributed by atoms with Crippen LogP contribution in [0.2, 0.25) is 0 Å². The molecule has 1 aromatic carbocycles. The Morgan fingerprint density at radius 1 is 1.20 bits per heavy atom. The molecule has 0 aromatic heterocycles. The zero-order valence-electron chi connectivity index (χ0n) is 9.24. The lowest BCUT2D eigenvalue weighted by molar-refractivity contribution is 0.0876. The summed E-state index contributed by atoms with van der Waals surface area (Å²) in [7, 11) is 0. The highest BCUT2D eigenvalue weighted by atomic mass is 15.2. The van der Waals surface area contributed by atoms with E-state index >= 15 is 0 Å². The molecule has 0 radical (unpaired) electrons. The minimum Gasteiger partial charge on any atom is -0.314 e. The molecule has 0 aliphatic carbocycles. The third kappa shape index (κ3) is 1.58. The Hall–Kier alpha value is -0.860. The maximum absolute atomic E-state index is 3.52. The zero-order valence-corrected chi connectivity index (χ0v) is 9.24. The van der Waals surface area contributed by atoms with Gasteiger partial charge in [-0.05, 0) is 24.5 Å². The van der Waals surface area contributed by atoms with Crippen molar-refractivity contribution < 1.29 is 0 Å². The highest BCUT2D eigenvalue weighted by Crippen LogP contribution is 2.26. The van der Waals surface area contributed by atoms with Gasteiger partial charge < -0.3 is 5.32 Å². The summed E-state index contributed by atoms with van der Waals surface area (Å²) < 4.78 is 0. The van der Waals surface area contributed by atoms with Crippen LogP contribution < -0.4 is 5.32 Å². The van der Waals surface area contributed by atoms with E-state index in [2.05, 4.69) is 41.4 Å². The molecule has 3 rings (SSSR count). The number of piperazine rings is 1. The molecule has 0 saturated carbocycles. The first-order valence-electron chi connectivity index (χ1n) is 5.88. The Morgan fingerprint density at radius 2 is 2.00 bits per heavy atom. The molecule has 0 amide bonds. The third-order valence-electron chi connectivity index (χ3n) is 3.78. The van der Waals surface area contributed by atoms with E-state index in [9.17, 15) is 0 Å². The molecule has 1 fully saturated rings. The highest BCUT2D eigenvalue weighted by molar-refractivity contribution is 5.30. The fourth-order valence-corrected chi connectivity index (χ4v) is 2.89. The quantitative estimate of drug-likeness (QED) is 0.684. The fraction of sp³-hybridized carbons (Fsp3) is 0.538. The van der Waals surface area contributed by atoms with Gasteiger partial charge in [0.2, 0.25) is 0 Å². The molecule has 2 heterocycles. The summed E-state index contributed by atoms with van der Waals surface area (Å²) in [6, 6.07) is 10.3. The van der Waals surface area contributed by atoms with Gasteiger partial charge in [0.1, 0.15) is 0 Å². The van der Waals surface area contributed by atoms with Gasteiger partial charge in [-0.25, -0.2) is 0 Å². The lowest BCUT2D eigenvalue weighted by Gasteiger charge is -2.44. The number of hydrogen-bond acceptors (Lipinski definition) is 2. The molecule has 2 aliphatic rings. The molecule has 2 heteroatoms. The van der Waals surface area contributed by atoms with E-state index in [1.807, 2.05) is 0 Å². The first-order chi connectivity index (χ1) is 7.34. The molecule has 80 valence electrons. The van der Waals surface area contributed by atoms with Crippen LogP contribution in [0.5, 0.6) is 0 Å². The largest absolute Gasteiger partial charge is 0.314 e. The van der Waals surface area contributed by atoms with Crippen molar-refractivity contribution in [3.05, 3.63) is 35.4 Å². The minimum absolute atomic E-state index is 0.678. The monoisotopic (exact) mass is 202 g/mol. The lowest BCUT2D eigenvalue weighted by atomic mass is 9.91. The topological polar surface area (TPSA) is 15.3 Å². The van der Waals surface area contributed by atoms with Gasteiger partial charge in [0.05, 0.1) is 0 Å². The molecule has 1 saturated heterocycles. The van der Waals surface area contributed by atoms with E-state index in [0.29, 0.717) is 12.1 Å². The summed E-state index contributed by atoms with van der Waals surface area (Å²) in [4.78, 5) is 2.65. The third-order valence-corrected chi connectivity index (χ3v) is 3.78. The van der Waals surface area contributed by atoms with Crippen molar-refractivity contribution in [2.24, 2.45) is 0 Å². The SMILES string of the molecule is CC1CNC[C@H]2Cc3ccccc3CN12. The fourth-order valence-electron chi connectivity index (χ4n) is 2.89. The van der Waals surface area contributed by atoms with Gasteiger partial charge in [-0.3, -0.25) is 4.90 Å². The molecule has 0 spiro atoms. The Balaban J connectivity index is 1.92. The van der Waals surface area contributed by atoms with Crippen molar-refractivity contribution in [3.63, 3.8) is 0 Å². The van der Waals surface area contributed by atoms with E-state index in [-0.39, 0.29) is 0 Å². The second-order valence-electron chi connectivity index (χ2n) is 4.81. The van der Waals surface area contributed by atoms with Crippen LogP contribution in [-0.4, -0.2) is 30.1 Å². The molecule has 1 aromatic rings. The Kier molecular flexibility index (Phi) is 2.26. The van der Waals surface area contributed by atoms with Gasteiger partial charge >= 0.3 is 0 Å². The summed E-state index contributed by atoms with van der Waals surface area (Å²) in [6.45, 7) is 5.76. The maximum atomic E-state index is 3.52. The van der Waals surface area contributed by atoms with Crippen LogP contribution >= 0.6 is 0 Å². The molecule has 2 aliphatic heterocycles. The van der Waals surface area contributed by atoms with Crippen LogP contribution in [-0.2, 0) is 13.0 Å². The molecule has 2 nitrogen and oxygen atoms in total. The average molecular weight is 202 g/mol. The molecule has 2 atom stereocenters. The maximum Gasteiger partial charge on any atom is 0.0268 e. The predicted octanol–water partition coefficient (Wildman–Crippen LogP) is 1.40. The van der Waals surface area contributed by atoms with Crippen LogP contribution in [0.15, 0.2) is 24.3 Å². The number of rotatable bonds is 0. The molecular weight excluding hydrogens is 184 g/mol. The van der Waals surface area contributed by atoms with Crippen molar-refractivity contribution >= 4 is 0 Å². The van der Waals surface area contributed by atoms with Gasteiger partial charge in [0.15, 0.2) is 0 Å². The van der Waals surface area contributed by atoms with Gasteiger partial charge in [-0.1, -0.05) is 24.3 Å². The van der Waals surface area contributed by atoms with E-state index in [1.54, 1.807) is 5.56 Å². The number of benzene rings is 1. The molecule has 1 N–H and O–H groups in total. The predicted molar refractivity (Wildman–Crippen MR) is 61.8 cm³/mol.